The molecule has 0 spiro atoms. The molecule has 1 aromatic carbocycles. The molecule has 0 aliphatic carbocycles. The van der Waals surface area contributed by atoms with Crippen LogP contribution in [-0.4, -0.2) is 61.1 Å². The predicted molar refractivity (Wildman–Crippen MR) is 82.7 cm³/mol. The van der Waals surface area contributed by atoms with Gasteiger partial charge < -0.3 is 5.11 Å². The first-order valence-corrected chi connectivity index (χ1v) is 8.64. The zero-order valence-electron chi connectivity index (χ0n) is 12.9. The third-order valence-corrected chi connectivity index (χ3v) is 5.46. The molecule has 0 saturated carbocycles. The molecular formula is C15H24N2O3S. The molecule has 0 radical (unpaired) electrons. The van der Waals surface area contributed by atoms with Gasteiger partial charge in [-0.05, 0) is 38.5 Å². The van der Waals surface area contributed by atoms with Crippen molar-refractivity contribution < 1.29 is 13.5 Å². The monoisotopic (exact) mass is 312 g/mol. The summed E-state index contributed by atoms with van der Waals surface area (Å²) < 4.78 is 26.7. The lowest BCUT2D eigenvalue weighted by Gasteiger charge is -2.36. The van der Waals surface area contributed by atoms with Gasteiger partial charge in [0.1, 0.15) is 0 Å². The summed E-state index contributed by atoms with van der Waals surface area (Å²) in [5, 5.41) is 9.83. The molecule has 1 fully saturated rings. The first-order valence-electron chi connectivity index (χ1n) is 7.20. The number of rotatable bonds is 4. The van der Waals surface area contributed by atoms with Crippen molar-refractivity contribution in [2.75, 3.05) is 32.7 Å². The molecule has 118 valence electrons. The van der Waals surface area contributed by atoms with Crippen molar-refractivity contribution in [1.82, 2.24) is 9.21 Å². The van der Waals surface area contributed by atoms with E-state index in [0.29, 0.717) is 37.6 Å². The fourth-order valence-electron chi connectivity index (χ4n) is 2.60. The molecular weight excluding hydrogens is 288 g/mol. The quantitative estimate of drug-likeness (QED) is 0.903. The van der Waals surface area contributed by atoms with Gasteiger partial charge in [0.2, 0.25) is 10.0 Å². The minimum absolute atomic E-state index is 0.360. The van der Waals surface area contributed by atoms with Crippen molar-refractivity contribution in [3.63, 3.8) is 0 Å². The fraction of sp³-hybridized carbons (Fsp3) is 0.600. The number of aliphatic hydroxyl groups is 1. The van der Waals surface area contributed by atoms with Gasteiger partial charge >= 0.3 is 0 Å². The number of benzene rings is 1. The van der Waals surface area contributed by atoms with E-state index in [1.807, 2.05) is 13.0 Å². The average Bonchev–Trinajstić information content (AvgIpc) is 2.37. The molecule has 6 heteroatoms. The first kappa shape index (κ1) is 16.4. The number of aryl methyl sites for hydroxylation is 1. The molecule has 2 rings (SSSR count). The standard InChI is InChI=1S/C15H24N2O3S/c1-13-5-4-6-14(11-13)21(19,20)17-9-7-16(8-10-17)12-15(2,3)18/h4-6,11,18H,7-10,12H2,1-3H3. The van der Waals surface area contributed by atoms with Crippen molar-refractivity contribution in [3.05, 3.63) is 29.8 Å². The van der Waals surface area contributed by atoms with E-state index in [1.54, 1.807) is 32.0 Å². The highest BCUT2D eigenvalue weighted by molar-refractivity contribution is 7.89. The Labute approximate surface area is 127 Å². The van der Waals surface area contributed by atoms with Gasteiger partial charge in [-0.3, -0.25) is 4.90 Å². The lowest BCUT2D eigenvalue weighted by atomic mass is 10.1. The maximum absolute atomic E-state index is 12.6. The van der Waals surface area contributed by atoms with Crippen LogP contribution in [-0.2, 0) is 10.0 Å². The Morgan fingerprint density at radius 2 is 1.81 bits per heavy atom. The molecule has 0 amide bonds. The second-order valence-corrected chi connectivity index (χ2v) is 8.25. The highest BCUT2D eigenvalue weighted by atomic mass is 32.2. The van der Waals surface area contributed by atoms with E-state index in [4.69, 9.17) is 0 Å². The van der Waals surface area contributed by atoms with Gasteiger partial charge in [0.25, 0.3) is 0 Å². The van der Waals surface area contributed by atoms with Crippen LogP contribution in [0.25, 0.3) is 0 Å². The third-order valence-electron chi connectivity index (χ3n) is 3.57. The summed E-state index contributed by atoms with van der Waals surface area (Å²) in [4.78, 5) is 2.46. The Bertz CT molecular complexity index is 585. The van der Waals surface area contributed by atoms with E-state index in [0.717, 1.165) is 5.56 Å². The number of piperazine rings is 1. The van der Waals surface area contributed by atoms with Gasteiger partial charge in [-0.15, -0.1) is 0 Å². The van der Waals surface area contributed by atoms with Crippen LogP contribution in [0.1, 0.15) is 19.4 Å². The van der Waals surface area contributed by atoms with E-state index < -0.39 is 15.6 Å². The summed E-state index contributed by atoms with van der Waals surface area (Å²) in [6.45, 7) is 8.21. The summed E-state index contributed by atoms with van der Waals surface area (Å²) >= 11 is 0. The largest absolute Gasteiger partial charge is 0.389 e. The smallest absolute Gasteiger partial charge is 0.243 e. The van der Waals surface area contributed by atoms with Crippen molar-refractivity contribution in [3.8, 4) is 0 Å². The van der Waals surface area contributed by atoms with Crippen LogP contribution in [0.2, 0.25) is 0 Å². The maximum atomic E-state index is 12.6. The summed E-state index contributed by atoms with van der Waals surface area (Å²) in [5.74, 6) is 0. The van der Waals surface area contributed by atoms with Crippen LogP contribution in [0.3, 0.4) is 0 Å². The van der Waals surface area contributed by atoms with E-state index in [9.17, 15) is 13.5 Å². The lowest BCUT2D eigenvalue weighted by Crippen LogP contribution is -2.51. The number of nitrogens with zero attached hydrogens (tertiary/aromatic N) is 2. The summed E-state index contributed by atoms with van der Waals surface area (Å²) in [7, 11) is -3.41. The topological polar surface area (TPSA) is 60.9 Å². The number of hydrogen-bond donors (Lipinski definition) is 1. The Balaban J connectivity index is 2.05. The SMILES string of the molecule is Cc1cccc(S(=O)(=O)N2CCN(CC(C)(C)O)CC2)c1. The summed E-state index contributed by atoms with van der Waals surface area (Å²) in [5.41, 5.74) is 0.189. The van der Waals surface area contributed by atoms with Crippen LogP contribution in [0.4, 0.5) is 0 Å². The molecule has 5 nitrogen and oxygen atoms in total. The zero-order valence-corrected chi connectivity index (χ0v) is 13.7. The Kier molecular flexibility index (Phi) is 4.72. The van der Waals surface area contributed by atoms with E-state index in [-0.39, 0.29) is 0 Å². The molecule has 0 unspecified atom stereocenters. The van der Waals surface area contributed by atoms with Gasteiger partial charge in [0.05, 0.1) is 10.5 Å². The maximum Gasteiger partial charge on any atom is 0.243 e. The Hall–Kier alpha value is -0.950. The molecule has 1 aliphatic heterocycles. The number of hydrogen-bond acceptors (Lipinski definition) is 4. The van der Waals surface area contributed by atoms with Crippen LogP contribution in [0.5, 0.6) is 0 Å². The molecule has 1 saturated heterocycles. The number of β-amino-alcohol motifs (C(OH)–C–C–N with tert-alkyl or cyclic N) is 1. The average molecular weight is 312 g/mol. The number of sulfonamides is 1. The van der Waals surface area contributed by atoms with Gasteiger partial charge in [0, 0.05) is 32.7 Å². The molecule has 1 N–H and O–H groups in total. The minimum Gasteiger partial charge on any atom is -0.389 e. The molecule has 21 heavy (non-hydrogen) atoms. The van der Waals surface area contributed by atoms with Gasteiger partial charge in [0.15, 0.2) is 0 Å². The molecule has 1 aliphatic rings. The molecule has 0 bridgehead atoms. The van der Waals surface area contributed by atoms with Crippen molar-refractivity contribution in [2.24, 2.45) is 0 Å². The van der Waals surface area contributed by atoms with Crippen LogP contribution >= 0.6 is 0 Å². The lowest BCUT2D eigenvalue weighted by molar-refractivity contribution is 0.0263. The molecule has 1 heterocycles. The zero-order chi connectivity index (χ0) is 15.7. The van der Waals surface area contributed by atoms with Crippen LogP contribution in [0, 0.1) is 6.92 Å². The van der Waals surface area contributed by atoms with E-state index in [1.165, 1.54) is 4.31 Å². The summed E-state index contributed by atoms with van der Waals surface area (Å²) in [6, 6.07) is 7.01. The van der Waals surface area contributed by atoms with Crippen molar-refractivity contribution >= 4 is 10.0 Å². The predicted octanol–water partition coefficient (Wildman–Crippen LogP) is 1.07. The van der Waals surface area contributed by atoms with Crippen molar-refractivity contribution in [2.45, 2.75) is 31.3 Å². The molecule has 0 aromatic heterocycles. The van der Waals surface area contributed by atoms with E-state index >= 15 is 0 Å². The second-order valence-electron chi connectivity index (χ2n) is 6.31. The first-order chi connectivity index (χ1) is 9.68. The normalized spacial score (nSPS) is 18.9. The van der Waals surface area contributed by atoms with Crippen LogP contribution in [0.15, 0.2) is 29.2 Å². The molecule has 1 aromatic rings. The van der Waals surface area contributed by atoms with E-state index in [2.05, 4.69) is 4.90 Å². The van der Waals surface area contributed by atoms with Gasteiger partial charge in [-0.1, -0.05) is 12.1 Å². The fourth-order valence-corrected chi connectivity index (χ4v) is 4.13. The highest BCUT2D eigenvalue weighted by Gasteiger charge is 2.30. The van der Waals surface area contributed by atoms with Crippen molar-refractivity contribution in [1.29, 1.82) is 0 Å². The molecule has 0 atom stereocenters. The van der Waals surface area contributed by atoms with Gasteiger partial charge in [-0.2, -0.15) is 4.31 Å². The second kappa shape index (κ2) is 6.04. The Morgan fingerprint density at radius 1 is 1.19 bits per heavy atom. The summed E-state index contributed by atoms with van der Waals surface area (Å²) in [6.07, 6.45) is 0. The van der Waals surface area contributed by atoms with Gasteiger partial charge in [-0.25, -0.2) is 8.42 Å². The Morgan fingerprint density at radius 3 is 2.33 bits per heavy atom. The van der Waals surface area contributed by atoms with Crippen LogP contribution < -0.4 is 0 Å². The third kappa shape index (κ3) is 4.26. The minimum atomic E-state index is -3.41. The highest BCUT2D eigenvalue weighted by Crippen LogP contribution is 2.19.